The van der Waals surface area contributed by atoms with E-state index in [1.165, 1.54) is 6.20 Å². The summed E-state index contributed by atoms with van der Waals surface area (Å²) in [5, 5.41) is 0.0798. The summed E-state index contributed by atoms with van der Waals surface area (Å²) in [6.07, 6.45) is 1.42. The maximum Gasteiger partial charge on any atom is 0.290 e. The second-order valence-electron chi connectivity index (χ2n) is 6.03. The Morgan fingerprint density at radius 1 is 1.11 bits per heavy atom. The molecule has 8 heteroatoms. The molecule has 1 amide bonds. The zero-order valence-corrected chi connectivity index (χ0v) is 15.6. The lowest BCUT2D eigenvalue weighted by molar-refractivity contribution is 0.0616. The number of thioether (sulfide) groups is 1. The number of para-hydroxylation sites is 1. The number of aromatic nitrogens is 1. The van der Waals surface area contributed by atoms with E-state index in [-0.39, 0.29) is 16.5 Å². The van der Waals surface area contributed by atoms with E-state index in [9.17, 15) is 13.6 Å². The van der Waals surface area contributed by atoms with Crippen LogP contribution in [0.4, 0.5) is 8.78 Å². The average Bonchev–Trinajstić information content (AvgIpc) is 2.69. The molecule has 5 nitrogen and oxygen atoms in total. The number of halogens is 2. The van der Waals surface area contributed by atoms with Crippen LogP contribution >= 0.6 is 11.8 Å². The number of benzene rings is 1. The maximum absolute atomic E-state index is 12.7. The molecular formula is C19H21F2N3O2S. The molecular weight excluding hydrogens is 372 g/mol. The summed E-state index contributed by atoms with van der Waals surface area (Å²) in [6, 6.07) is 12.8. The minimum atomic E-state index is -2.60. The molecule has 1 aliphatic rings. The van der Waals surface area contributed by atoms with Gasteiger partial charge < -0.3 is 9.64 Å². The molecule has 144 valence electrons. The summed E-state index contributed by atoms with van der Waals surface area (Å²) in [7, 11) is 0. The molecule has 0 saturated carbocycles. The highest BCUT2D eigenvalue weighted by molar-refractivity contribution is 7.99. The summed E-state index contributed by atoms with van der Waals surface area (Å²) in [5.41, 5.74) is 0.240. The zero-order chi connectivity index (χ0) is 19.1. The second-order valence-corrected chi connectivity index (χ2v) is 7.01. The maximum atomic E-state index is 12.7. The third-order valence-electron chi connectivity index (χ3n) is 4.28. The van der Waals surface area contributed by atoms with E-state index < -0.39 is 5.76 Å². The van der Waals surface area contributed by atoms with Gasteiger partial charge in [0.1, 0.15) is 17.4 Å². The number of alkyl halides is 2. The highest BCUT2D eigenvalue weighted by Gasteiger charge is 2.25. The van der Waals surface area contributed by atoms with Gasteiger partial charge in [-0.2, -0.15) is 8.78 Å². The molecule has 1 aromatic heterocycles. The number of pyridine rings is 1. The van der Waals surface area contributed by atoms with Crippen molar-refractivity contribution in [2.24, 2.45) is 0 Å². The number of carbonyl (C=O) groups is 1. The van der Waals surface area contributed by atoms with E-state index in [1.807, 2.05) is 30.3 Å². The van der Waals surface area contributed by atoms with Gasteiger partial charge in [-0.05, 0) is 36.0 Å². The van der Waals surface area contributed by atoms with E-state index in [0.29, 0.717) is 31.5 Å². The number of hydrogen-bond donors (Lipinski definition) is 0. The number of ether oxygens (including phenoxy) is 1. The molecule has 1 aromatic carbocycles. The normalized spacial score (nSPS) is 15.1. The molecule has 0 N–H and O–H groups in total. The van der Waals surface area contributed by atoms with Crippen molar-refractivity contribution in [2.45, 2.75) is 10.8 Å². The third kappa shape index (κ3) is 5.64. The smallest absolute Gasteiger partial charge is 0.290 e. The standard InChI is InChI=1S/C19H21F2N3O2S/c20-19(21)27-17-16(7-4-8-22-17)18(25)24-11-9-23(10-12-24)13-14-26-15-5-2-1-3-6-15/h1-8,19H,9-14H2. The lowest BCUT2D eigenvalue weighted by Crippen LogP contribution is -2.49. The van der Waals surface area contributed by atoms with E-state index in [0.717, 1.165) is 25.4 Å². The summed E-state index contributed by atoms with van der Waals surface area (Å²) in [5.74, 6) is -2.01. The van der Waals surface area contributed by atoms with Crippen LogP contribution in [0.2, 0.25) is 0 Å². The molecule has 3 rings (SSSR count). The fourth-order valence-corrected chi connectivity index (χ4v) is 3.46. The van der Waals surface area contributed by atoms with Crippen LogP contribution in [0.25, 0.3) is 0 Å². The predicted octanol–water partition coefficient (Wildman–Crippen LogP) is 3.23. The van der Waals surface area contributed by atoms with Crippen LogP contribution in [0.3, 0.4) is 0 Å². The van der Waals surface area contributed by atoms with E-state index >= 15 is 0 Å². The molecule has 0 spiro atoms. The van der Waals surface area contributed by atoms with E-state index in [1.54, 1.807) is 17.0 Å². The minimum Gasteiger partial charge on any atom is -0.492 e. The van der Waals surface area contributed by atoms with Gasteiger partial charge in [-0.25, -0.2) is 4.98 Å². The molecule has 2 aromatic rings. The molecule has 0 radical (unpaired) electrons. The lowest BCUT2D eigenvalue weighted by atomic mass is 10.2. The van der Waals surface area contributed by atoms with Crippen molar-refractivity contribution in [3.05, 3.63) is 54.2 Å². The topological polar surface area (TPSA) is 45.7 Å². The quantitative estimate of drug-likeness (QED) is 0.676. The number of hydrogen-bond acceptors (Lipinski definition) is 5. The summed E-state index contributed by atoms with van der Waals surface area (Å²) in [4.78, 5) is 20.5. The first-order chi connectivity index (χ1) is 13.1. The van der Waals surface area contributed by atoms with Crippen LogP contribution in [0.5, 0.6) is 5.75 Å². The molecule has 2 heterocycles. The van der Waals surface area contributed by atoms with Gasteiger partial charge >= 0.3 is 0 Å². The summed E-state index contributed by atoms with van der Waals surface area (Å²) >= 11 is 0.308. The van der Waals surface area contributed by atoms with Crippen molar-refractivity contribution in [3.8, 4) is 5.75 Å². The van der Waals surface area contributed by atoms with Crippen molar-refractivity contribution in [1.82, 2.24) is 14.8 Å². The van der Waals surface area contributed by atoms with Gasteiger partial charge in [0.05, 0.1) is 5.56 Å². The SMILES string of the molecule is O=C(c1cccnc1SC(F)F)N1CCN(CCOc2ccccc2)CC1. The Bertz CT molecular complexity index is 741. The van der Waals surface area contributed by atoms with Gasteiger partial charge in [0.2, 0.25) is 0 Å². The first kappa shape index (κ1) is 19.6. The fraction of sp³-hybridized carbons (Fsp3) is 0.368. The lowest BCUT2D eigenvalue weighted by Gasteiger charge is -2.34. The fourth-order valence-electron chi connectivity index (χ4n) is 2.89. The van der Waals surface area contributed by atoms with Gasteiger partial charge in [0, 0.05) is 38.9 Å². The Kier molecular flexibility index (Phi) is 7.00. The van der Waals surface area contributed by atoms with Gasteiger partial charge in [-0.1, -0.05) is 18.2 Å². The van der Waals surface area contributed by atoms with Gasteiger partial charge in [0.15, 0.2) is 0 Å². The van der Waals surface area contributed by atoms with Gasteiger partial charge in [-0.3, -0.25) is 9.69 Å². The van der Waals surface area contributed by atoms with Crippen LogP contribution < -0.4 is 4.74 Å². The van der Waals surface area contributed by atoms with Crippen LogP contribution in [0.15, 0.2) is 53.7 Å². The molecule has 1 aliphatic heterocycles. The average molecular weight is 393 g/mol. The predicted molar refractivity (Wildman–Crippen MR) is 100 cm³/mol. The summed E-state index contributed by atoms with van der Waals surface area (Å²) < 4.78 is 31.1. The van der Waals surface area contributed by atoms with E-state index in [2.05, 4.69) is 9.88 Å². The van der Waals surface area contributed by atoms with Crippen LogP contribution in [-0.4, -0.2) is 65.8 Å². The Hall–Kier alpha value is -2.19. The summed E-state index contributed by atoms with van der Waals surface area (Å²) in [6.45, 7) is 3.91. The molecule has 0 unspecified atom stereocenters. The van der Waals surface area contributed by atoms with Crippen LogP contribution in [-0.2, 0) is 0 Å². The first-order valence-electron chi connectivity index (χ1n) is 8.73. The van der Waals surface area contributed by atoms with Crippen molar-refractivity contribution in [2.75, 3.05) is 39.3 Å². The Morgan fingerprint density at radius 2 is 1.85 bits per heavy atom. The van der Waals surface area contributed by atoms with Crippen molar-refractivity contribution >= 4 is 17.7 Å². The monoisotopic (exact) mass is 393 g/mol. The van der Waals surface area contributed by atoms with Crippen LogP contribution in [0, 0.1) is 0 Å². The first-order valence-corrected chi connectivity index (χ1v) is 9.61. The molecule has 0 aliphatic carbocycles. The van der Waals surface area contributed by atoms with Crippen molar-refractivity contribution in [3.63, 3.8) is 0 Å². The Labute approximate surface area is 161 Å². The number of amides is 1. The van der Waals surface area contributed by atoms with Crippen molar-refractivity contribution < 1.29 is 18.3 Å². The largest absolute Gasteiger partial charge is 0.492 e. The molecule has 0 bridgehead atoms. The number of carbonyl (C=O) groups excluding carboxylic acids is 1. The van der Waals surface area contributed by atoms with Crippen molar-refractivity contribution in [1.29, 1.82) is 0 Å². The Balaban J connectivity index is 1.48. The highest BCUT2D eigenvalue weighted by Crippen LogP contribution is 2.27. The Morgan fingerprint density at radius 3 is 2.56 bits per heavy atom. The van der Waals surface area contributed by atoms with Crippen LogP contribution in [0.1, 0.15) is 10.4 Å². The molecule has 1 fully saturated rings. The highest BCUT2D eigenvalue weighted by atomic mass is 32.2. The van der Waals surface area contributed by atoms with Gasteiger partial charge in [-0.15, -0.1) is 0 Å². The molecule has 0 atom stereocenters. The van der Waals surface area contributed by atoms with Gasteiger partial charge in [0.25, 0.3) is 11.7 Å². The molecule has 27 heavy (non-hydrogen) atoms. The van der Waals surface area contributed by atoms with E-state index in [4.69, 9.17) is 4.74 Å². The minimum absolute atomic E-state index is 0.0798. The third-order valence-corrected chi connectivity index (χ3v) is 5.01. The second kappa shape index (κ2) is 9.66. The number of piperazine rings is 1. The zero-order valence-electron chi connectivity index (χ0n) is 14.8. The number of nitrogens with zero attached hydrogens (tertiary/aromatic N) is 3. The molecule has 1 saturated heterocycles. The number of rotatable bonds is 7.